The van der Waals surface area contributed by atoms with E-state index in [1.165, 1.54) is 0 Å². The van der Waals surface area contributed by atoms with Crippen LogP contribution in [0.5, 0.6) is 0 Å². The maximum absolute atomic E-state index is 9.39. The first kappa shape index (κ1) is 14.9. The molecule has 0 amide bonds. The van der Waals surface area contributed by atoms with Crippen LogP contribution in [0.1, 0.15) is 32.1 Å². The zero-order valence-electron chi connectivity index (χ0n) is 11.0. The second-order valence-corrected chi connectivity index (χ2v) is 4.84. The average molecular weight is 245 g/mol. The van der Waals surface area contributed by atoms with Crippen LogP contribution in [0.3, 0.4) is 0 Å². The lowest BCUT2D eigenvalue weighted by Gasteiger charge is -2.25. The number of rotatable bonds is 9. The third-order valence-electron chi connectivity index (χ3n) is 3.31. The normalized spacial score (nSPS) is 25.1. The van der Waals surface area contributed by atoms with Gasteiger partial charge in [-0.15, -0.1) is 0 Å². The van der Waals surface area contributed by atoms with E-state index in [0.717, 1.165) is 70.9 Å². The van der Waals surface area contributed by atoms with Crippen molar-refractivity contribution in [3.63, 3.8) is 0 Å². The Morgan fingerprint density at radius 2 is 1.88 bits per heavy atom. The van der Waals surface area contributed by atoms with Crippen molar-refractivity contribution in [2.75, 3.05) is 40.0 Å². The molecule has 0 saturated heterocycles. The Morgan fingerprint density at radius 1 is 1.12 bits per heavy atom. The number of ether oxygens (including phenoxy) is 2. The molecule has 1 fully saturated rings. The Hall–Kier alpha value is -0.160. The van der Waals surface area contributed by atoms with Crippen LogP contribution in [0.25, 0.3) is 0 Å². The maximum atomic E-state index is 9.39. The first-order chi connectivity index (χ1) is 8.33. The summed E-state index contributed by atoms with van der Waals surface area (Å²) in [5.41, 5.74) is 0. The molecule has 102 valence electrons. The molecule has 0 radical (unpaired) electrons. The highest BCUT2D eigenvalue weighted by atomic mass is 16.5. The molecule has 0 aromatic carbocycles. The third-order valence-corrected chi connectivity index (χ3v) is 3.31. The highest BCUT2D eigenvalue weighted by Crippen LogP contribution is 2.23. The fourth-order valence-corrected chi connectivity index (χ4v) is 2.21. The lowest BCUT2D eigenvalue weighted by Crippen LogP contribution is -2.30. The number of hydrogen-bond acceptors (Lipinski definition) is 4. The van der Waals surface area contributed by atoms with Gasteiger partial charge in [0.25, 0.3) is 0 Å². The van der Waals surface area contributed by atoms with E-state index < -0.39 is 0 Å². The topological polar surface area (TPSA) is 50.7 Å². The summed E-state index contributed by atoms with van der Waals surface area (Å²) in [6.07, 6.45) is 5.18. The molecule has 0 atom stereocenters. The van der Waals surface area contributed by atoms with Gasteiger partial charge in [-0.1, -0.05) is 0 Å². The van der Waals surface area contributed by atoms with Gasteiger partial charge in [0.2, 0.25) is 0 Å². The van der Waals surface area contributed by atoms with Crippen molar-refractivity contribution >= 4 is 0 Å². The first-order valence-corrected chi connectivity index (χ1v) is 6.78. The van der Waals surface area contributed by atoms with Crippen molar-refractivity contribution in [3.05, 3.63) is 0 Å². The van der Waals surface area contributed by atoms with Crippen LogP contribution in [-0.4, -0.2) is 51.2 Å². The van der Waals surface area contributed by atoms with Crippen molar-refractivity contribution in [2.45, 2.75) is 38.2 Å². The van der Waals surface area contributed by atoms with E-state index >= 15 is 0 Å². The lowest BCUT2D eigenvalue weighted by atomic mass is 9.87. The number of nitrogens with one attached hydrogen (secondary N) is 1. The molecule has 2 N–H and O–H groups in total. The van der Waals surface area contributed by atoms with Crippen LogP contribution >= 0.6 is 0 Å². The summed E-state index contributed by atoms with van der Waals surface area (Å²) < 4.78 is 10.4. The molecule has 4 nitrogen and oxygen atoms in total. The molecule has 1 aliphatic carbocycles. The molecule has 1 saturated carbocycles. The molecule has 4 heteroatoms. The van der Waals surface area contributed by atoms with E-state index in [0.29, 0.717) is 0 Å². The molecule has 1 aliphatic rings. The van der Waals surface area contributed by atoms with Crippen LogP contribution in [0.2, 0.25) is 0 Å². The summed E-state index contributed by atoms with van der Waals surface area (Å²) in [4.78, 5) is 0. The van der Waals surface area contributed by atoms with Gasteiger partial charge in [-0.05, 0) is 44.6 Å². The minimum atomic E-state index is -0.0460. The van der Waals surface area contributed by atoms with E-state index in [1.807, 2.05) is 0 Å². The third kappa shape index (κ3) is 7.71. The van der Waals surface area contributed by atoms with Crippen molar-refractivity contribution < 1.29 is 14.6 Å². The van der Waals surface area contributed by atoms with Crippen molar-refractivity contribution in [2.24, 2.45) is 5.92 Å². The lowest BCUT2D eigenvalue weighted by molar-refractivity contribution is 0.0978. The molecule has 17 heavy (non-hydrogen) atoms. The van der Waals surface area contributed by atoms with Crippen molar-refractivity contribution in [3.8, 4) is 0 Å². The highest BCUT2D eigenvalue weighted by molar-refractivity contribution is 4.72. The number of hydrogen-bond donors (Lipinski definition) is 2. The zero-order chi connectivity index (χ0) is 12.3. The van der Waals surface area contributed by atoms with Gasteiger partial charge in [0, 0.05) is 26.9 Å². The molecule has 1 rings (SSSR count). The fourth-order valence-electron chi connectivity index (χ4n) is 2.21. The Morgan fingerprint density at radius 3 is 2.59 bits per heavy atom. The summed E-state index contributed by atoms with van der Waals surface area (Å²) in [5, 5.41) is 12.8. The number of aliphatic hydroxyl groups is 1. The summed E-state index contributed by atoms with van der Waals surface area (Å²) in [6, 6.07) is 0. The predicted molar refractivity (Wildman–Crippen MR) is 68.1 cm³/mol. The Bertz CT molecular complexity index is 170. The molecular formula is C13H27NO3. The molecule has 0 unspecified atom stereocenters. The number of methoxy groups -OCH3 is 1. The Balaban J connectivity index is 1.81. The first-order valence-electron chi connectivity index (χ1n) is 6.78. The van der Waals surface area contributed by atoms with Crippen molar-refractivity contribution in [1.29, 1.82) is 0 Å². The zero-order valence-corrected chi connectivity index (χ0v) is 11.0. The molecule has 0 aromatic heterocycles. The van der Waals surface area contributed by atoms with Crippen LogP contribution in [0.4, 0.5) is 0 Å². The molecule has 0 bridgehead atoms. The highest BCUT2D eigenvalue weighted by Gasteiger charge is 2.18. The minimum Gasteiger partial charge on any atom is -0.393 e. The van der Waals surface area contributed by atoms with Crippen molar-refractivity contribution in [1.82, 2.24) is 5.32 Å². The standard InChI is InChI=1S/C13H27NO3/c1-16-8-2-9-17-10-7-14-11-12-3-5-13(15)6-4-12/h12-15H,2-11H2,1H3. The van der Waals surface area contributed by atoms with Gasteiger partial charge in [0.1, 0.15) is 0 Å². The largest absolute Gasteiger partial charge is 0.393 e. The molecular weight excluding hydrogens is 218 g/mol. The second kappa shape index (κ2) is 9.83. The van der Waals surface area contributed by atoms with E-state index in [9.17, 15) is 5.11 Å². The van der Waals surface area contributed by atoms with Crippen LogP contribution in [-0.2, 0) is 9.47 Å². The van der Waals surface area contributed by atoms with Gasteiger partial charge in [0.15, 0.2) is 0 Å². The molecule has 0 aliphatic heterocycles. The predicted octanol–water partition coefficient (Wildman–Crippen LogP) is 1.18. The fraction of sp³-hybridized carbons (Fsp3) is 1.00. The SMILES string of the molecule is COCCCOCCNCC1CCC(O)CC1. The van der Waals surface area contributed by atoms with Gasteiger partial charge in [-0.3, -0.25) is 0 Å². The van der Waals surface area contributed by atoms with E-state index in [-0.39, 0.29) is 6.10 Å². The molecule has 0 heterocycles. The average Bonchev–Trinajstić information content (AvgIpc) is 2.35. The van der Waals surface area contributed by atoms with Gasteiger partial charge in [0.05, 0.1) is 12.7 Å². The van der Waals surface area contributed by atoms with Gasteiger partial charge >= 0.3 is 0 Å². The van der Waals surface area contributed by atoms with Gasteiger partial charge in [-0.2, -0.15) is 0 Å². The quantitative estimate of drug-likeness (QED) is 0.599. The minimum absolute atomic E-state index is 0.0460. The van der Waals surface area contributed by atoms with E-state index in [2.05, 4.69) is 5.32 Å². The Labute approximate surface area is 105 Å². The van der Waals surface area contributed by atoms with Gasteiger partial charge < -0.3 is 19.9 Å². The van der Waals surface area contributed by atoms with Crippen LogP contribution in [0.15, 0.2) is 0 Å². The summed E-state index contributed by atoms with van der Waals surface area (Å²) in [7, 11) is 1.71. The summed E-state index contributed by atoms with van der Waals surface area (Å²) in [5.74, 6) is 0.742. The van der Waals surface area contributed by atoms with E-state index in [1.54, 1.807) is 7.11 Å². The van der Waals surface area contributed by atoms with Crippen LogP contribution in [0, 0.1) is 5.92 Å². The Kier molecular flexibility index (Phi) is 8.61. The number of aliphatic hydroxyl groups excluding tert-OH is 1. The summed E-state index contributed by atoms with van der Waals surface area (Å²) >= 11 is 0. The van der Waals surface area contributed by atoms with Crippen LogP contribution < -0.4 is 5.32 Å². The van der Waals surface area contributed by atoms with E-state index in [4.69, 9.17) is 9.47 Å². The molecule has 0 aromatic rings. The second-order valence-electron chi connectivity index (χ2n) is 4.84. The maximum Gasteiger partial charge on any atom is 0.0590 e. The molecule has 0 spiro atoms. The van der Waals surface area contributed by atoms with Gasteiger partial charge in [-0.25, -0.2) is 0 Å². The monoisotopic (exact) mass is 245 g/mol. The smallest absolute Gasteiger partial charge is 0.0590 e. The summed E-state index contributed by atoms with van der Waals surface area (Å²) in [6.45, 7) is 4.32.